The highest BCUT2D eigenvalue weighted by molar-refractivity contribution is 4.90. The Kier molecular flexibility index (Phi) is 4.14. The fourth-order valence-corrected chi connectivity index (χ4v) is 3.28. The van der Waals surface area contributed by atoms with Crippen LogP contribution in [0.2, 0.25) is 0 Å². The summed E-state index contributed by atoms with van der Waals surface area (Å²) in [6, 6.07) is 0.718. The van der Waals surface area contributed by atoms with Crippen molar-refractivity contribution in [1.29, 1.82) is 0 Å². The second kappa shape index (κ2) is 5.27. The fraction of sp³-hybridized carbons (Fsp3) is 1.00. The normalized spacial score (nSPS) is 32.3. The van der Waals surface area contributed by atoms with Crippen molar-refractivity contribution in [2.45, 2.75) is 65.3 Å². The zero-order valence-electron chi connectivity index (χ0n) is 11.8. The van der Waals surface area contributed by atoms with E-state index in [0.717, 1.165) is 19.3 Å². The van der Waals surface area contributed by atoms with Crippen molar-refractivity contribution in [2.75, 3.05) is 19.8 Å². The van der Waals surface area contributed by atoms with E-state index in [2.05, 4.69) is 26.1 Å². The number of rotatable bonds is 3. The molecule has 100 valence electrons. The van der Waals surface area contributed by atoms with Crippen LogP contribution in [0.25, 0.3) is 0 Å². The lowest BCUT2D eigenvalue weighted by molar-refractivity contribution is 0.0188. The van der Waals surface area contributed by atoms with Gasteiger partial charge in [0.2, 0.25) is 0 Å². The molecule has 0 aromatic carbocycles. The topological polar surface area (TPSA) is 21.3 Å². The zero-order chi connectivity index (χ0) is 12.4. The van der Waals surface area contributed by atoms with Crippen molar-refractivity contribution in [2.24, 2.45) is 10.8 Å². The third kappa shape index (κ3) is 3.45. The molecule has 0 aromatic heterocycles. The lowest BCUT2D eigenvalue weighted by atomic mass is 9.72. The molecule has 2 fully saturated rings. The first-order valence-electron chi connectivity index (χ1n) is 7.33. The van der Waals surface area contributed by atoms with Gasteiger partial charge in [0, 0.05) is 25.8 Å². The van der Waals surface area contributed by atoms with Gasteiger partial charge in [-0.05, 0) is 36.5 Å². The molecule has 17 heavy (non-hydrogen) atoms. The first-order valence-corrected chi connectivity index (χ1v) is 7.33. The summed E-state index contributed by atoms with van der Waals surface area (Å²) < 4.78 is 5.47. The van der Waals surface area contributed by atoms with Crippen molar-refractivity contribution >= 4 is 0 Å². The van der Waals surface area contributed by atoms with Crippen molar-refractivity contribution in [3.05, 3.63) is 0 Å². The van der Waals surface area contributed by atoms with E-state index in [-0.39, 0.29) is 0 Å². The van der Waals surface area contributed by atoms with Crippen LogP contribution < -0.4 is 5.32 Å². The average Bonchev–Trinajstić information content (AvgIpc) is 2.28. The van der Waals surface area contributed by atoms with E-state index >= 15 is 0 Å². The van der Waals surface area contributed by atoms with Crippen LogP contribution >= 0.6 is 0 Å². The molecular weight excluding hydrogens is 210 g/mol. The van der Waals surface area contributed by atoms with E-state index in [1.54, 1.807) is 0 Å². The molecule has 1 aliphatic carbocycles. The molecule has 1 saturated heterocycles. The number of hydrogen-bond donors (Lipinski definition) is 1. The van der Waals surface area contributed by atoms with Gasteiger partial charge in [0.1, 0.15) is 0 Å². The average molecular weight is 239 g/mol. The molecule has 1 atom stereocenters. The third-order valence-electron chi connectivity index (χ3n) is 4.98. The summed E-state index contributed by atoms with van der Waals surface area (Å²) in [6.45, 7) is 10.3. The zero-order valence-corrected chi connectivity index (χ0v) is 11.8. The molecule has 2 nitrogen and oxygen atoms in total. The third-order valence-corrected chi connectivity index (χ3v) is 4.98. The maximum absolute atomic E-state index is 5.47. The molecule has 1 N–H and O–H groups in total. The number of ether oxygens (including phenoxy) is 1. The molecule has 0 radical (unpaired) electrons. The summed E-state index contributed by atoms with van der Waals surface area (Å²) in [5.74, 6) is 0. The van der Waals surface area contributed by atoms with Gasteiger partial charge in [-0.25, -0.2) is 0 Å². The molecule has 2 rings (SSSR count). The van der Waals surface area contributed by atoms with E-state index in [4.69, 9.17) is 4.74 Å². The van der Waals surface area contributed by atoms with Gasteiger partial charge < -0.3 is 10.1 Å². The van der Waals surface area contributed by atoms with Gasteiger partial charge in [-0.15, -0.1) is 0 Å². The first-order chi connectivity index (χ1) is 8.02. The van der Waals surface area contributed by atoms with Crippen molar-refractivity contribution in [1.82, 2.24) is 5.32 Å². The predicted octanol–water partition coefficient (Wildman–Crippen LogP) is 3.36. The van der Waals surface area contributed by atoms with E-state index in [1.807, 2.05) is 0 Å². The maximum atomic E-state index is 5.47. The highest BCUT2D eigenvalue weighted by atomic mass is 16.5. The quantitative estimate of drug-likeness (QED) is 0.815. The largest absolute Gasteiger partial charge is 0.381 e. The predicted molar refractivity (Wildman–Crippen MR) is 72.2 cm³/mol. The lowest BCUT2D eigenvalue weighted by Crippen LogP contribution is -2.48. The van der Waals surface area contributed by atoms with Crippen molar-refractivity contribution in [3.8, 4) is 0 Å². The van der Waals surface area contributed by atoms with Crippen LogP contribution in [0.1, 0.15) is 59.3 Å². The monoisotopic (exact) mass is 239 g/mol. The van der Waals surface area contributed by atoms with Crippen LogP contribution in [0, 0.1) is 10.8 Å². The standard InChI is InChI=1S/C15H29NO/c1-14(2)7-5-4-6-13(14)16-12-15(3)8-10-17-11-9-15/h13,16H,4-12H2,1-3H3. The first kappa shape index (κ1) is 13.4. The maximum Gasteiger partial charge on any atom is 0.0471 e. The van der Waals surface area contributed by atoms with Crippen LogP contribution in [-0.4, -0.2) is 25.8 Å². The Labute approximate surface area is 107 Å². The minimum Gasteiger partial charge on any atom is -0.381 e. The van der Waals surface area contributed by atoms with Gasteiger partial charge in [-0.3, -0.25) is 0 Å². The second-order valence-electron chi connectivity index (χ2n) is 7.09. The lowest BCUT2D eigenvalue weighted by Gasteiger charge is -2.42. The summed E-state index contributed by atoms with van der Waals surface area (Å²) >= 11 is 0. The molecule has 0 amide bonds. The molecule has 2 aliphatic rings. The summed E-state index contributed by atoms with van der Waals surface area (Å²) in [5.41, 5.74) is 0.950. The van der Waals surface area contributed by atoms with Crippen LogP contribution in [-0.2, 0) is 4.74 Å². The minimum atomic E-state index is 0.464. The van der Waals surface area contributed by atoms with Crippen LogP contribution in [0.15, 0.2) is 0 Å². The van der Waals surface area contributed by atoms with Gasteiger partial charge in [-0.1, -0.05) is 33.6 Å². The Bertz CT molecular complexity index is 243. The Hall–Kier alpha value is -0.0800. The molecule has 0 aromatic rings. The molecule has 0 bridgehead atoms. The smallest absolute Gasteiger partial charge is 0.0471 e. The molecule has 1 unspecified atom stereocenters. The summed E-state index contributed by atoms with van der Waals surface area (Å²) in [5, 5.41) is 3.87. The van der Waals surface area contributed by atoms with Crippen LogP contribution in [0.5, 0.6) is 0 Å². The highest BCUT2D eigenvalue weighted by Gasteiger charge is 2.34. The van der Waals surface area contributed by atoms with Gasteiger partial charge in [-0.2, -0.15) is 0 Å². The number of nitrogens with one attached hydrogen (secondary N) is 1. The Morgan fingerprint density at radius 1 is 1.06 bits per heavy atom. The van der Waals surface area contributed by atoms with E-state index < -0.39 is 0 Å². The van der Waals surface area contributed by atoms with E-state index in [9.17, 15) is 0 Å². The Morgan fingerprint density at radius 2 is 1.76 bits per heavy atom. The van der Waals surface area contributed by atoms with Gasteiger partial charge in [0.25, 0.3) is 0 Å². The SMILES string of the molecule is CC1(CNC2CCCCC2(C)C)CCOCC1. The molecule has 2 heteroatoms. The second-order valence-corrected chi connectivity index (χ2v) is 7.09. The fourth-order valence-electron chi connectivity index (χ4n) is 3.28. The molecule has 1 heterocycles. The molecular formula is C15H29NO. The molecule has 1 saturated carbocycles. The van der Waals surface area contributed by atoms with Crippen LogP contribution in [0.4, 0.5) is 0 Å². The Morgan fingerprint density at radius 3 is 2.41 bits per heavy atom. The molecule has 0 spiro atoms. The van der Waals surface area contributed by atoms with Gasteiger partial charge >= 0.3 is 0 Å². The highest BCUT2D eigenvalue weighted by Crippen LogP contribution is 2.36. The van der Waals surface area contributed by atoms with Gasteiger partial charge in [0.05, 0.1) is 0 Å². The summed E-state index contributed by atoms with van der Waals surface area (Å²) in [7, 11) is 0. The van der Waals surface area contributed by atoms with E-state index in [0.29, 0.717) is 10.8 Å². The summed E-state index contributed by atoms with van der Waals surface area (Å²) in [4.78, 5) is 0. The molecule has 1 aliphatic heterocycles. The van der Waals surface area contributed by atoms with Crippen molar-refractivity contribution in [3.63, 3.8) is 0 Å². The van der Waals surface area contributed by atoms with Crippen molar-refractivity contribution < 1.29 is 4.74 Å². The minimum absolute atomic E-state index is 0.464. The summed E-state index contributed by atoms with van der Waals surface area (Å²) in [6.07, 6.45) is 7.99. The van der Waals surface area contributed by atoms with Crippen LogP contribution in [0.3, 0.4) is 0 Å². The van der Waals surface area contributed by atoms with Gasteiger partial charge in [0.15, 0.2) is 0 Å². The Balaban J connectivity index is 1.84. The van der Waals surface area contributed by atoms with E-state index in [1.165, 1.54) is 45.1 Å². The number of hydrogen-bond acceptors (Lipinski definition) is 2.